The highest BCUT2D eigenvalue weighted by Crippen LogP contribution is 2.12. The van der Waals surface area contributed by atoms with Gasteiger partial charge in [-0.3, -0.25) is 9.59 Å². The highest BCUT2D eigenvalue weighted by atomic mass is 31.0. The van der Waals surface area contributed by atoms with Crippen molar-refractivity contribution in [3.63, 3.8) is 0 Å². The lowest BCUT2D eigenvalue weighted by atomic mass is 10.1. The predicted octanol–water partition coefficient (Wildman–Crippen LogP) is -0.564. The quantitative estimate of drug-likeness (QED) is 0.507. The molecule has 0 fully saturated rings. The van der Waals surface area contributed by atoms with Gasteiger partial charge in [0.25, 0.3) is 10.9 Å². The Bertz CT molecular complexity index is 660. The van der Waals surface area contributed by atoms with Crippen molar-refractivity contribution in [1.82, 2.24) is 0 Å². The molecule has 0 saturated heterocycles. The fourth-order valence-corrected chi connectivity index (χ4v) is 1.99. The summed E-state index contributed by atoms with van der Waals surface area (Å²) in [4.78, 5) is 22.2. The Hall–Kier alpha value is -1.71. The van der Waals surface area contributed by atoms with Crippen molar-refractivity contribution in [2.75, 3.05) is 11.1 Å². The number of hydrogen-bond donors (Lipinski definition) is 3. The zero-order valence-electron chi connectivity index (χ0n) is 9.69. The Labute approximate surface area is 106 Å². The lowest BCUT2D eigenvalue weighted by Gasteiger charge is -2.12. The minimum Gasteiger partial charge on any atom is -0.394 e. The van der Waals surface area contributed by atoms with Crippen molar-refractivity contribution in [3.05, 3.63) is 49.8 Å². The average molecular weight is 263 g/mol. The summed E-state index contributed by atoms with van der Waals surface area (Å²) in [5.74, 6) is 0. The number of hydrogen-bond acceptors (Lipinski definition) is 5. The molecule has 1 atom stereocenters. The average Bonchev–Trinajstić information content (AvgIpc) is 2.40. The maximum Gasteiger partial charge on any atom is 0.253 e. The van der Waals surface area contributed by atoms with Crippen molar-refractivity contribution in [1.29, 1.82) is 0 Å². The van der Waals surface area contributed by atoms with Gasteiger partial charge in [-0.1, -0.05) is 18.2 Å². The van der Waals surface area contributed by atoms with Gasteiger partial charge in [-0.15, -0.1) is 9.24 Å². The first-order valence-corrected chi connectivity index (χ1v) is 6.02. The molecule has 0 radical (unpaired) electrons. The molecule has 6 heteroatoms. The monoisotopic (exact) mass is 263 g/mol. The maximum atomic E-state index is 11.2. The molecule has 18 heavy (non-hydrogen) atoms. The molecule has 5 N–H and O–H groups in total. The van der Waals surface area contributed by atoms with Gasteiger partial charge in [0.2, 0.25) is 0 Å². The van der Waals surface area contributed by atoms with Crippen LogP contribution in [-0.2, 0) is 13.1 Å². The highest BCUT2D eigenvalue weighted by Gasteiger charge is 2.17. The summed E-state index contributed by atoms with van der Waals surface area (Å²) in [6, 6.07) is 5.84. The number of nitrogens with two attached hydrogens (primary N) is 2. The smallest absolute Gasteiger partial charge is 0.253 e. The minimum atomic E-state index is -0.612. The highest BCUT2D eigenvalue weighted by molar-refractivity contribution is 7.27. The molecule has 2 aromatic rings. The van der Waals surface area contributed by atoms with E-state index in [4.69, 9.17) is 11.5 Å². The molecule has 5 nitrogen and oxygen atoms in total. The van der Waals surface area contributed by atoms with Crippen LogP contribution in [0.5, 0.6) is 0 Å². The first-order valence-electron chi connectivity index (χ1n) is 5.44. The summed E-state index contributed by atoms with van der Waals surface area (Å²) >= 11 is 0. The van der Waals surface area contributed by atoms with Crippen molar-refractivity contribution >= 4 is 25.9 Å². The van der Waals surface area contributed by atoms with Crippen LogP contribution in [0.2, 0.25) is 0 Å². The van der Waals surface area contributed by atoms with Crippen molar-refractivity contribution in [3.8, 4) is 0 Å². The molecule has 0 amide bonds. The minimum absolute atomic E-state index is 0.0142. The van der Waals surface area contributed by atoms with Crippen molar-refractivity contribution in [2.24, 2.45) is 5.73 Å². The molecule has 94 valence electrons. The van der Waals surface area contributed by atoms with Gasteiger partial charge >= 0.3 is 0 Å². The molecule has 0 saturated carbocycles. The van der Waals surface area contributed by atoms with Gasteiger partial charge in [0, 0.05) is 13.1 Å². The van der Waals surface area contributed by atoms with Crippen LogP contribution >= 0.6 is 9.24 Å². The number of anilines is 2. The van der Waals surface area contributed by atoms with Crippen LogP contribution in [0, 0.1) is 0 Å². The Morgan fingerprint density at radius 1 is 1.22 bits per heavy atom. The van der Waals surface area contributed by atoms with E-state index < -0.39 is 10.9 Å². The van der Waals surface area contributed by atoms with Crippen LogP contribution in [0.1, 0.15) is 11.1 Å². The fourth-order valence-electron chi connectivity index (χ4n) is 1.71. The van der Waals surface area contributed by atoms with Gasteiger partial charge in [0.05, 0.1) is 0 Å². The second-order valence-corrected chi connectivity index (χ2v) is 4.66. The van der Waals surface area contributed by atoms with E-state index in [9.17, 15) is 9.59 Å². The first kappa shape index (κ1) is 12.7. The SMILES string of the molecule is NCc1ccc(P)c(CNc2c(N)c(=O)c2=O)c1. The second-order valence-electron chi connectivity index (χ2n) is 4.04. The lowest BCUT2D eigenvalue weighted by Crippen LogP contribution is -2.37. The van der Waals surface area contributed by atoms with Gasteiger partial charge in [0.1, 0.15) is 11.4 Å². The molecule has 0 aromatic heterocycles. The van der Waals surface area contributed by atoms with Crippen LogP contribution < -0.4 is 32.9 Å². The third-order valence-electron chi connectivity index (χ3n) is 2.85. The molecule has 0 bridgehead atoms. The zero-order chi connectivity index (χ0) is 13.3. The summed E-state index contributed by atoms with van der Waals surface area (Å²) in [7, 11) is 2.61. The molecule has 0 aliphatic rings. The maximum absolute atomic E-state index is 11.2. The summed E-state index contributed by atoms with van der Waals surface area (Å²) in [5, 5.41) is 3.90. The Morgan fingerprint density at radius 2 is 1.94 bits per heavy atom. The Kier molecular flexibility index (Phi) is 3.45. The van der Waals surface area contributed by atoms with E-state index in [0.717, 1.165) is 16.4 Å². The van der Waals surface area contributed by atoms with Crippen LogP contribution in [0.4, 0.5) is 11.4 Å². The molecule has 0 aliphatic heterocycles. The Morgan fingerprint density at radius 3 is 2.56 bits per heavy atom. The van der Waals surface area contributed by atoms with Crippen LogP contribution in [0.3, 0.4) is 0 Å². The summed E-state index contributed by atoms with van der Waals surface area (Å²) in [5.41, 5.74) is 12.1. The van der Waals surface area contributed by atoms with E-state index >= 15 is 0 Å². The number of rotatable bonds is 4. The van der Waals surface area contributed by atoms with Crippen LogP contribution in [-0.4, -0.2) is 0 Å². The van der Waals surface area contributed by atoms with E-state index in [2.05, 4.69) is 14.6 Å². The van der Waals surface area contributed by atoms with Gasteiger partial charge in [-0.05, 0) is 16.4 Å². The number of benzene rings is 1. The van der Waals surface area contributed by atoms with Gasteiger partial charge < -0.3 is 16.8 Å². The topological polar surface area (TPSA) is 98.2 Å². The fraction of sp³-hybridized carbons (Fsp3) is 0.167. The summed E-state index contributed by atoms with van der Waals surface area (Å²) in [6.45, 7) is 0.891. The van der Waals surface area contributed by atoms with Gasteiger partial charge in [-0.2, -0.15) is 0 Å². The molecule has 2 aromatic carbocycles. The standard InChI is InChI=1S/C12H14N3O2P/c13-4-6-1-2-8(18)7(3-6)5-15-10-9(14)11(16)12(10)17/h1-3,15H,4-5,13-14,18H2. The predicted molar refractivity (Wildman–Crippen MR) is 76.8 cm³/mol. The first-order chi connectivity index (χ1) is 8.54. The normalized spacial score (nSPS) is 10.8. The Balaban J connectivity index is 2.16. The van der Waals surface area contributed by atoms with E-state index in [1.54, 1.807) is 0 Å². The van der Waals surface area contributed by atoms with E-state index in [1.165, 1.54) is 0 Å². The van der Waals surface area contributed by atoms with E-state index in [1.807, 2.05) is 18.2 Å². The lowest BCUT2D eigenvalue weighted by molar-refractivity contribution is 1.05. The van der Waals surface area contributed by atoms with E-state index in [-0.39, 0.29) is 11.4 Å². The molecule has 0 heterocycles. The molecular formula is C12H14N3O2P. The second kappa shape index (κ2) is 4.88. The van der Waals surface area contributed by atoms with Gasteiger partial charge in [0.15, 0.2) is 0 Å². The number of nitrogens with one attached hydrogen (secondary N) is 1. The molecule has 1 unspecified atom stereocenters. The summed E-state index contributed by atoms with van der Waals surface area (Å²) < 4.78 is 0. The largest absolute Gasteiger partial charge is 0.394 e. The molecular weight excluding hydrogens is 249 g/mol. The third-order valence-corrected chi connectivity index (χ3v) is 3.41. The van der Waals surface area contributed by atoms with Crippen LogP contribution in [0.15, 0.2) is 27.8 Å². The zero-order valence-corrected chi connectivity index (χ0v) is 10.8. The van der Waals surface area contributed by atoms with Crippen molar-refractivity contribution in [2.45, 2.75) is 13.1 Å². The molecule has 2 rings (SSSR count). The third kappa shape index (κ3) is 2.15. The summed E-state index contributed by atoms with van der Waals surface area (Å²) in [6.07, 6.45) is 0. The molecule has 0 spiro atoms. The van der Waals surface area contributed by atoms with Crippen molar-refractivity contribution < 1.29 is 0 Å². The van der Waals surface area contributed by atoms with Gasteiger partial charge in [-0.25, -0.2) is 0 Å². The van der Waals surface area contributed by atoms with Crippen LogP contribution in [0.25, 0.3) is 0 Å². The van der Waals surface area contributed by atoms with E-state index in [0.29, 0.717) is 13.1 Å². The number of nitrogen functional groups attached to an aromatic ring is 1. The molecule has 0 aliphatic carbocycles.